The fraction of sp³-hybridized carbons (Fsp3) is 0.273. The van der Waals surface area contributed by atoms with Gasteiger partial charge < -0.3 is 10.2 Å². The van der Waals surface area contributed by atoms with Crippen molar-refractivity contribution in [2.45, 2.75) is 26.7 Å². The van der Waals surface area contributed by atoms with Gasteiger partial charge in [-0.3, -0.25) is 9.59 Å². The lowest BCUT2D eigenvalue weighted by Crippen LogP contribution is -2.32. The molecule has 2 amide bonds. The van der Waals surface area contributed by atoms with Crippen LogP contribution in [0.5, 0.6) is 0 Å². The molecule has 28 heavy (non-hydrogen) atoms. The van der Waals surface area contributed by atoms with E-state index in [1.54, 1.807) is 24.3 Å². The lowest BCUT2D eigenvalue weighted by molar-refractivity contribution is 0.0755. The second-order valence-electron chi connectivity index (χ2n) is 6.57. The number of hydrogen-bond acceptors (Lipinski definition) is 3. The number of hydrogen-bond donors (Lipinski definition) is 1. The maximum Gasteiger partial charge on any atom is 0.267 e. The summed E-state index contributed by atoms with van der Waals surface area (Å²) in [4.78, 5) is 27.9. The zero-order valence-corrected chi connectivity index (χ0v) is 17.6. The topological polar surface area (TPSA) is 49.4 Å². The number of fused-ring (bicyclic) bond motifs is 1. The van der Waals surface area contributed by atoms with Gasteiger partial charge in [0.15, 0.2) is 0 Å². The minimum atomic E-state index is -0.269. The lowest BCUT2D eigenvalue weighted by Gasteiger charge is -2.21. The molecule has 0 bridgehead atoms. The first kappa shape index (κ1) is 20.4. The summed E-state index contributed by atoms with van der Waals surface area (Å²) >= 11 is 7.76. The molecule has 0 saturated heterocycles. The van der Waals surface area contributed by atoms with E-state index in [0.717, 1.165) is 36.0 Å². The first-order valence-corrected chi connectivity index (χ1v) is 10.6. The van der Waals surface area contributed by atoms with Gasteiger partial charge in [-0.2, -0.15) is 0 Å². The van der Waals surface area contributed by atoms with Crippen LogP contribution in [0.4, 0.5) is 5.69 Å². The second-order valence-corrected chi connectivity index (χ2v) is 8.00. The average molecular weight is 415 g/mol. The van der Waals surface area contributed by atoms with Gasteiger partial charge in [0, 0.05) is 34.4 Å². The molecule has 2 aromatic carbocycles. The number of anilines is 1. The van der Waals surface area contributed by atoms with E-state index in [9.17, 15) is 9.59 Å². The van der Waals surface area contributed by atoms with Crippen LogP contribution in [0.3, 0.4) is 0 Å². The smallest absolute Gasteiger partial charge is 0.267 e. The zero-order valence-electron chi connectivity index (χ0n) is 16.0. The third-order valence-corrected chi connectivity index (χ3v) is 6.06. The van der Waals surface area contributed by atoms with Crippen molar-refractivity contribution in [1.82, 2.24) is 4.90 Å². The minimum absolute atomic E-state index is 0.0142. The Kier molecular flexibility index (Phi) is 6.70. The predicted molar refractivity (Wildman–Crippen MR) is 118 cm³/mol. The summed E-state index contributed by atoms with van der Waals surface area (Å²) in [6.45, 7) is 5.56. The maximum absolute atomic E-state index is 12.8. The summed E-state index contributed by atoms with van der Waals surface area (Å²) in [7, 11) is 0. The molecule has 0 spiro atoms. The quantitative estimate of drug-likeness (QED) is 0.510. The van der Waals surface area contributed by atoms with Crippen molar-refractivity contribution in [2.24, 2.45) is 0 Å². The molecule has 1 N–H and O–H groups in total. The molecular formula is C22H23ClN2O2S. The molecule has 0 aliphatic rings. The summed E-state index contributed by atoms with van der Waals surface area (Å²) in [6, 6.07) is 14.7. The van der Waals surface area contributed by atoms with Crippen LogP contribution in [0.1, 0.15) is 46.7 Å². The number of carbonyl (C=O) groups is 2. The van der Waals surface area contributed by atoms with Gasteiger partial charge in [0.05, 0.1) is 5.02 Å². The average Bonchev–Trinajstić information content (AvgIpc) is 3.04. The Morgan fingerprint density at radius 1 is 1.04 bits per heavy atom. The standard InChI is InChI=1S/C22H23ClN2O2S/c1-3-12-25(13-4-2)22(27)15-8-7-9-16(14-15)24-21(26)20-19(23)17-10-5-6-11-18(17)28-20/h5-11,14H,3-4,12-13H2,1-2H3,(H,24,26). The van der Waals surface area contributed by atoms with Gasteiger partial charge in [-0.1, -0.05) is 49.7 Å². The van der Waals surface area contributed by atoms with Crippen LogP contribution in [-0.2, 0) is 0 Å². The number of amides is 2. The first-order valence-electron chi connectivity index (χ1n) is 9.42. The Hall–Kier alpha value is -2.37. The van der Waals surface area contributed by atoms with E-state index in [1.165, 1.54) is 11.3 Å². The van der Waals surface area contributed by atoms with Crippen molar-refractivity contribution in [2.75, 3.05) is 18.4 Å². The van der Waals surface area contributed by atoms with Crippen LogP contribution in [-0.4, -0.2) is 29.8 Å². The number of nitrogens with zero attached hydrogens (tertiary/aromatic N) is 1. The number of thiophene rings is 1. The van der Waals surface area contributed by atoms with Crippen molar-refractivity contribution < 1.29 is 9.59 Å². The van der Waals surface area contributed by atoms with Crippen molar-refractivity contribution in [3.05, 3.63) is 64.0 Å². The molecule has 0 aliphatic heterocycles. The van der Waals surface area contributed by atoms with E-state index < -0.39 is 0 Å². The van der Waals surface area contributed by atoms with Gasteiger partial charge >= 0.3 is 0 Å². The van der Waals surface area contributed by atoms with Crippen LogP contribution in [0.2, 0.25) is 5.02 Å². The Morgan fingerprint density at radius 3 is 2.43 bits per heavy atom. The maximum atomic E-state index is 12.8. The molecule has 0 fully saturated rings. The molecule has 4 nitrogen and oxygen atoms in total. The normalized spacial score (nSPS) is 10.8. The number of halogens is 1. The summed E-state index contributed by atoms with van der Waals surface area (Å²) in [5, 5.41) is 4.21. The SMILES string of the molecule is CCCN(CCC)C(=O)c1cccc(NC(=O)c2sc3ccccc3c2Cl)c1. The third-order valence-electron chi connectivity index (χ3n) is 4.38. The molecule has 1 aromatic heterocycles. The highest BCUT2D eigenvalue weighted by Crippen LogP contribution is 2.35. The molecule has 0 saturated carbocycles. The van der Waals surface area contributed by atoms with E-state index >= 15 is 0 Å². The first-order chi connectivity index (χ1) is 13.5. The number of benzene rings is 2. The van der Waals surface area contributed by atoms with Crippen LogP contribution in [0.25, 0.3) is 10.1 Å². The Bertz CT molecular complexity index is 993. The largest absolute Gasteiger partial charge is 0.339 e. The molecule has 1 heterocycles. The highest BCUT2D eigenvalue weighted by atomic mass is 35.5. The number of rotatable bonds is 7. The lowest BCUT2D eigenvalue weighted by atomic mass is 10.1. The minimum Gasteiger partial charge on any atom is -0.339 e. The molecule has 0 aliphatic carbocycles. The molecule has 0 atom stereocenters. The molecule has 3 rings (SSSR count). The number of carbonyl (C=O) groups excluding carboxylic acids is 2. The highest BCUT2D eigenvalue weighted by molar-refractivity contribution is 7.21. The molecule has 6 heteroatoms. The van der Waals surface area contributed by atoms with E-state index in [4.69, 9.17) is 11.6 Å². The summed E-state index contributed by atoms with van der Waals surface area (Å²) in [6.07, 6.45) is 1.82. The molecule has 3 aromatic rings. The fourth-order valence-electron chi connectivity index (χ4n) is 3.12. The van der Waals surface area contributed by atoms with Gasteiger partial charge in [0.2, 0.25) is 0 Å². The van der Waals surface area contributed by atoms with Gasteiger partial charge in [0.25, 0.3) is 11.8 Å². The summed E-state index contributed by atoms with van der Waals surface area (Å²) in [5.74, 6) is -0.283. The predicted octanol–water partition coefficient (Wildman–Crippen LogP) is 6.07. The van der Waals surface area contributed by atoms with Crippen molar-refractivity contribution in [3.63, 3.8) is 0 Å². The summed E-state index contributed by atoms with van der Waals surface area (Å²) in [5.41, 5.74) is 1.15. The number of nitrogens with one attached hydrogen (secondary N) is 1. The van der Waals surface area contributed by atoms with E-state index in [0.29, 0.717) is 21.2 Å². The van der Waals surface area contributed by atoms with Crippen molar-refractivity contribution in [1.29, 1.82) is 0 Å². The van der Waals surface area contributed by atoms with E-state index in [2.05, 4.69) is 19.2 Å². The molecular weight excluding hydrogens is 392 g/mol. The Labute approximate surface area is 174 Å². The van der Waals surface area contributed by atoms with Crippen LogP contribution >= 0.6 is 22.9 Å². The molecule has 0 unspecified atom stereocenters. The third kappa shape index (κ3) is 4.37. The molecule has 0 radical (unpaired) electrons. The fourth-order valence-corrected chi connectivity index (χ4v) is 4.53. The second kappa shape index (κ2) is 9.22. The van der Waals surface area contributed by atoms with Gasteiger partial charge in [-0.25, -0.2) is 0 Å². The molecule has 146 valence electrons. The van der Waals surface area contributed by atoms with Crippen LogP contribution in [0, 0.1) is 0 Å². The zero-order chi connectivity index (χ0) is 20.1. The van der Waals surface area contributed by atoms with Crippen LogP contribution < -0.4 is 5.32 Å². The van der Waals surface area contributed by atoms with Gasteiger partial charge in [0.1, 0.15) is 4.88 Å². The van der Waals surface area contributed by atoms with Gasteiger partial charge in [-0.05, 0) is 37.1 Å². The van der Waals surface area contributed by atoms with E-state index in [-0.39, 0.29) is 11.8 Å². The van der Waals surface area contributed by atoms with Crippen molar-refractivity contribution in [3.8, 4) is 0 Å². The monoisotopic (exact) mass is 414 g/mol. The Morgan fingerprint density at radius 2 is 1.75 bits per heavy atom. The summed E-state index contributed by atoms with van der Waals surface area (Å²) < 4.78 is 0.969. The Balaban J connectivity index is 1.81. The van der Waals surface area contributed by atoms with E-state index in [1.807, 2.05) is 29.2 Å². The van der Waals surface area contributed by atoms with Crippen molar-refractivity contribution >= 4 is 50.5 Å². The highest BCUT2D eigenvalue weighted by Gasteiger charge is 2.18. The van der Waals surface area contributed by atoms with Crippen LogP contribution in [0.15, 0.2) is 48.5 Å². The van der Waals surface area contributed by atoms with Gasteiger partial charge in [-0.15, -0.1) is 11.3 Å².